The molecule has 0 amide bonds. The Morgan fingerprint density at radius 2 is 1.25 bits per heavy atom. The highest BCUT2D eigenvalue weighted by Crippen LogP contribution is 2.20. The van der Waals surface area contributed by atoms with Crippen LogP contribution in [0.25, 0.3) is 0 Å². The monoisotopic (exact) mass is 222 g/mol. The fraction of sp³-hybridized carbons (Fsp3) is 0.600. The Morgan fingerprint density at radius 3 is 1.62 bits per heavy atom. The van der Waals surface area contributed by atoms with Gasteiger partial charge >= 0.3 is 0 Å². The zero-order chi connectivity index (χ0) is 12.0. The minimum atomic E-state index is 0.0450. The molecule has 1 heteroatoms. The molecule has 1 aromatic rings. The van der Waals surface area contributed by atoms with Crippen LogP contribution in [0.1, 0.15) is 56.7 Å². The maximum Gasteiger partial charge on any atom is 0.129 e. The van der Waals surface area contributed by atoms with Gasteiger partial charge in [0, 0.05) is 0 Å². The first kappa shape index (κ1) is 13.2. The zero-order valence-electron chi connectivity index (χ0n) is 10.8. The van der Waals surface area contributed by atoms with Crippen molar-refractivity contribution in [1.29, 1.82) is 0 Å². The normalized spacial score (nSPS) is 10.8. The van der Waals surface area contributed by atoms with Crippen molar-refractivity contribution in [2.24, 2.45) is 0 Å². The van der Waals surface area contributed by atoms with Gasteiger partial charge < -0.3 is 0 Å². The van der Waals surface area contributed by atoms with E-state index in [0.717, 1.165) is 49.7 Å². The highest BCUT2D eigenvalue weighted by molar-refractivity contribution is 5.32. The summed E-state index contributed by atoms with van der Waals surface area (Å²) in [4.78, 5) is 0. The summed E-state index contributed by atoms with van der Waals surface area (Å²) in [6.07, 6.45) is 5.94. The van der Waals surface area contributed by atoms with Crippen molar-refractivity contribution in [2.45, 2.75) is 59.3 Å². The Morgan fingerprint density at radius 1 is 0.812 bits per heavy atom. The molecule has 0 spiro atoms. The molecule has 90 valence electrons. The smallest absolute Gasteiger partial charge is 0.129 e. The van der Waals surface area contributed by atoms with Crippen LogP contribution in [-0.4, -0.2) is 0 Å². The molecule has 0 saturated carbocycles. The van der Waals surface area contributed by atoms with E-state index < -0.39 is 0 Å². The minimum Gasteiger partial charge on any atom is -0.206 e. The van der Waals surface area contributed by atoms with Gasteiger partial charge in [0.25, 0.3) is 0 Å². The molecule has 0 aliphatic carbocycles. The number of aryl methyl sites for hydroxylation is 3. The van der Waals surface area contributed by atoms with Gasteiger partial charge in [-0.1, -0.05) is 52.2 Å². The molecule has 0 aliphatic rings. The van der Waals surface area contributed by atoms with E-state index >= 15 is 0 Å². The lowest BCUT2D eigenvalue weighted by atomic mass is 9.97. The second-order valence-corrected chi connectivity index (χ2v) is 4.48. The lowest BCUT2D eigenvalue weighted by molar-refractivity contribution is 0.586. The first-order valence-corrected chi connectivity index (χ1v) is 6.53. The summed E-state index contributed by atoms with van der Waals surface area (Å²) in [6.45, 7) is 6.37. The lowest BCUT2D eigenvalue weighted by Gasteiger charge is -2.10. The molecule has 1 rings (SSSR count). The molecule has 0 atom stereocenters. The third kappa shape index (κ3) is 3.33. The number of hydrogen-bond donors (Lipinski definition) is 0. The maximum atomic E-state index is 14.1. The molecule has 0 aliphatic heterocycles. The molecule has 0 fully saturated rings. The van der Waals surface area contributed by atoms with E-state index in [1.165, 1.54) is 5.56 Å². The fourth-order valence-electron chi connectivity index (χ4n) is 2.16. The highest BCUT2D eigenvalue weighted by Gasteiger charge is 2.09. The Labute approximate surface area is 98.9 Å². The summed E-state index contributed by atoms with van der Waals surface area (Å²) >= 11 is 0. The van der Waals surface area contributed by atoms with Gasteiger partial charge in [-0.2, -0.15) is 0 Å². The Kier molecular flexibility index (Phi) is 5.51. The minimum absolute atomic E-state index is 0.0450. The third-order valence-electron chi connectivity index (χ3n) is 2.86. The third-order valence-corrected chi connectivity index (χ3v) is 2.86. The molecule has 0 unspecified atom stereocenters. The predicted molar refractivity (Wildman–Crippen MR) is 68.4 cm³/mol. The summed E-state index contributed by atoms with van der Waals surface area (Å²) in [6, 6.07) is 4.11. The van der Waals surface area contributed by atoms with Crippen LogP contribution in [-0.2, 0) is 19.3 Å². The van der Waals surface area contributed by atoms with Crippen molar-refractivity contribution in [3.05, 3.63) is 34.6 Å². The molecule has 1 aromatic carbocycles. The van der Waals surface area contributed by atoms with Gasteiger partial charge in [-0.05, 0) is 36.0 Å². The van der Waals surface area contributed by atoms with E-state index in [2.05, 4.69) is 32.9 Å². The van der Waals surface area contributed by atoms with Crippen molar-refractivity contribution in [1.82, 2.24) is 0 Å². The number of rotatable bonds is 6. The van der Waals surface area contributed by atoms with Crippen LogP contribution >= 0.6 is 0 Å². The zero-order valence-corrected chi connectivity index (χ0v) is 10.8. The van der Waals surface area contributed by atoms with Gasteiger partial charge in [0.1, 0.15) is 5.82 Å². The van der Waals surface area contributed by atoms with E-state index in [4.69, 9.17) is 0 Å². The Bertz CT molecular complexity index is 301. The van der Waals surface area contributed by atoms with Gasteiger partial charge in [-0.25, -0.2) is 4.39 Å². The van der Waals surface area contributed by atoms with Crippen molar-refractivity contribution in [3.8, 4) is 0 Å². The van der Waals surface area contributed by atoms with Gasteiger partial charge in [0.05, 0.1) is 0 Å². The Hall–Kier alpha value is -0.850. The first-order chi connectivity index (χ1) is 7.72. The summed E-state index contributed by atoms with van der Waals surface area (Å²) in [7, 11) is 0. The average Bonchev–Trinajstić information content (AvgIpc) is 2.26. The quantitative estimate of drug-likeness (QED) is 0.655. The van der Waals surface area contributed by atoms with E-state index in [1.807, 2.05) is 0 Å². The van der Waals surface area contributed by atoms with E-state index in [-0.39, 0.29) is 5.82 Å². The molecule has 0 aromatic heterocycles. The second kappa shape index (κ2) is 6.67. The predicted octanol–water partition coefficient (Wildman–Crippen LogP) is 4.68. The van der Waals surface area contributed by atoms with Gasteiger partial charge in [-0.15, -0.1) is 0 Å². The number of halogens is 1. The number of benzene rings is 1. The van der Waals surface area contributed by atoms with Crippen LogP contribution in [0.5, 0.6) is 0 Å². The van der Waals surface area contributed by atoms with E-state index in [9.17, 15) is 4.39 Å². The molecular weight excluding hydrogens is 199 g/mol. The van der Waals surface area contributed by atoms with Crippen molar-refractivity contribution < 1.29 is 4.39 Å². The maximum absolute atomic E-state index is 14.1. The van der Waals surface area contributed by atoms with Crippen LogP contribution < -0.4 is 0 Å². The molecule has 0 N–H and O–H groups in total. The molecule has 0 saturated heterocycles. The summed E-state index contributed by atoms with van der Waals surface area (Å²) in [5, 5.41) is 0. The number of hydrogen-bond acceptors (Lipinski definition) is 0. The van der Waals surface area contributed by atoms with Crippen LogP contribution in [0.4, 0.5) is 4.39 Å². The standard InChI is InChI=1S/C15H23F/c1-4-7-12-10-13(8-5-2)15(16)14(11-12)9-6-3/h10-11H,4-9H2,1-3H3. The largest absolute Gasteiger partial charge is 0.206 e. The highest BCUT2D eigenvalue weighted by atomic mass is 19.1. The van der Waals surface area contributed by atoms with Crippen molar-refractivity contribution >= 4 is 0 Å². The van der Waals surface area contributed by atoms with Gasteiger partial charge in [0.15, 0.2) is 0 Å². The molecule has 16 heavy (non-hydrogen) atoms. The molecule has 0 nitrogen and oxygen atoms in total. The average molecular weight is 222 g/mol. The lowest BCUT2D eigenvalue weighted by Crippen LogP contribution is -2.00. The van der Waals surface area contributed by atoms with Gasteiger partial charge in [-0.3, -0.25) is 0 Å². The molecule has 0 heterocycles. The van der Waals surface area contributed by atoms with Crippen LogP contribution in [0.3, 0.4) is 0 Å². The topological polar surface area (TPSA) is 0 Å². The first-order valence-electron chi connectivity index (χ1n) is 6.53. The fourth-order valence-corrected chi connectivity index (χ4v) is 2.16. The SMILES string of the molecule is CCCc1cc(CCC)c(F)c(CCC)c1. The van der Waals surface area contributed by atoms with Crippen molar-refractivity contribution in [2.75, 3.05) is 0 Å². The Balaban J connectivity index is 3.05. The van der Waals surface area contributed by atoms with Crippen LogP contribution in [0, 0.1) is 5.82 Å². The summed E-state index contributed by atoms with van der Waals surface area (Å²) in [5.41, 5.74) is 3.13. The molecule has 0 radical (unpaired) electrons. The van der Waals surface area contributed by atoms with E-state index in [1.54, 1.807) is 0 Å². The molecular formula is C15H23F. The summed E-state index contributed by atoms with van der Waals surface area (Å²) < 4.78 is 14.1. The van der Waals surface area contributed by atoms with Gasteiger partial charge in [0.2, 0.25) is 0 Å². The second-order valence-electron chi connectivity index (χ2n) is 4.48. The van der Waals surface area contributed by atoms with Crippen LogP contribution in [0.15, 0.2) is 12.1 Å². The van der Waals surface area contributed by atoms with E-state index in [0.29, 0.717) is 0 Å². The summed E-state index contributed by atoms with van der Waals surface area (Å²) in [5.74, 6) is 0.0450. The van der Waals surface area contributed by atoms with Crippen molar-refractivity contribution in [3.63, 3.8) is 0 Å². The molecule has 0 bridgehead atoms. The van der Waals surface area contributed by atoms with Crippen LogP contribution in [0.2, 0.25) is 0 Å².